The minimum atomic E-state index is -0.381. The first-order valence-corrected chi connectivity index (χ1v) is 12.7. The first-order chi connectivity index (χ1) is 18.3. The van der Waals surface area contributed by atoms with Crippen LogP contribution >= 0.6 is 11.8 Å². The van der Waals surface area contributed by atoms with Crippen molar-refractivity contribution >= 4 is 35.0 Å². The van der Waals surface area contributed by atoms with E-state index in [-0.39, 0.29) is 34.4 Å². The number of methoxy groups -OCH3 is 2. The predicted octanol–water partition coefficient (Wildman–Crippen LogP) is 4.48. The third-order valence-electron chi connectivity index (χ3n) is 5.94. The van der Waals surface area contributed by atoms with E-state index in [0.29, 0.717) is 28.6 Å². The molecule has 0 unspecified atom stereocenters. The van der Waals surface area contributed by atoms with Crippen LogP contribution in [0.5, 0.6) is 11.5 Å². The number of thioether (sulfide) groups is 1. The number of anilines is 2. The molecule has 0 saturated carbocycles. The van der Waals surface area contributed by atoms with E-state index in [9.17, 15) is 14.4 Å². The summed E-state index contributed by atoms with van der Waals surface area (Å²) in [6.45, 7) is 1.78. The minimum absolute atomic E-state index is 0.0802. The lowest BCUT2D eigenvalue weighted by molar-refractivity contribution is -0.113. The zero-order valence-electron chi connectivity index (χ0n) is 21.5. The SMILES string of the molecule is COc1cccc(OC)c1C(=O)Nc1cccc(SCC(=O)Nc2c(C)n(C)n(-c3ccccc3)c2=O)c1. The van der Waals surface area contributed by atoms with Crippen molar-refractivity contribution in [3.8, 4) is 17.2 Å². The van der Waals surface area contributed by atoms with Gasteiger partial charge < -0.3 is 20.1 Å². The molecular weight excluding hydrogens is 504 g/mol. The lowest BCUT2D eigenvalue weighted by Crippen LogP contribution is -2.23. The summed E-state index contributed by atoms with van der Waals surface area (Å²) in [5.74, 6) is 0.178. The van der Waals surface area contributed by atoms with E-state index >= 15 is 0 Å². The Labute approximate surface area is 224 Å². The lowest BCUT2D eigenvalue weighted by atomic mass is 10.1. The second-order valence-electron chi connectivity index (χ2n) is 8.29. The second-order valence-corrected chi connectivity index (χ2v) is 9.34. The number of rotatable bonds is 9. The van der Waals surface area contributed by atoms with Crippen LogP contribution in [0.4, 0.5) is 11.4 Å². The number of benzene rings is 3. The molecule has 10 heteroatoms. The van der Waals surface area contributed by atoms with Crippen LogP contribution in [-0.4, -0.2) is 41.2 Å². The van der Waals surface area contributed by atoms with Gasteiger partial charge in [-0.2, -0.15) is 0 Å². The number of hydrogen-bond donors (Lipinski definition) is 2. The Morgan fingerprint density at radius 3 is 2.21 bits per heavy atom. The average Bonchev–Trinajstić information content (AvgIpc) is 3.14. The maximum Gasteiger partial charge on any atom is 0.295 e. The molecular formula is C28H28N4O5S. The molecule has 4 rings (SSSR count). The lowest BCUT2D eigenvalue weighted by Gasteiger charge is -2.13. The molecule has 196 valence electrons. The number of nitrogens with zero attached hydrogens (tertiary/aromatic N) is 2. The van der Waals surface area contributed by atoms with Crippen molar-refractivity contribution < 1.29 is 19.1 Å². The molecule has 1 heterocycles. The van der Waals surface area contributed by atoms with E-state index in [1.54, 1.807) is 55.1 Å². The van der Waals surface area contributed by atoms with Crippen LogP contribution in [0.15, 0.2) is 82.5 Å². The Hall–Kier alpha value is -4.44. The molecule has 0 bridgehead atoms. The third-order valence-corrected chi connectivity index (χ3v) is 6.93. The van der Waals surface area contributed by atoms with Gasteiger partial charge in [-0.25, -0.2) is 4.68 Å². The standard InChI is InChI=1S/C28H28N4O5S/c1-18-26(28(35)32(31(18)2)20-11-6-5-7-12-20)30-24(33)17-38-21-13-8-10-19(16-21)29-27(34)25-22(36-3)14-9-15-23(25)37-4/h5-16H,17H2,1-4H3,(H,29,34)(H,30,33). The zero-order chi connectivity index (χ0) is 27.2. The number of carbonyl (C=O) groups excluding carboxylic acids is 2. The largest absolute Gasteiger partial charge is 0.496 e. The van der Waals surface area contributed by atoms with Crippen molar-refractivity contribution in [2.45, 2.75) is 11.8 Å². The van der Waals surface area contributed by atoms with E-state index in [2.05, 4.69) is 10.6 Å². The van der Waals surface area contributed by atoms with Crippen molar-refractivity contribution in [3.05, 3.63) is 94.4 Å². The minimum Gasteiger partial charge on any atom is -0.496 e. The summed E-state index contributed by atoms with van der Waals surface area (Å²) < 4.78 is 13.9. The molecule has 3 aromatic carbocycles. The van der Waals surface area contributed by atoms with Crippen LogP contribution in [0.2, 0.25) is 0 Å². The molecule has 0 aliphatic rings. The highest BCUT2D eigenvalue weighted by Gasteiger charge is 2.20. The van der Waals surface area contributed by atoms with Crippen LogP contribution in [-0.2, 0) is 11.8 Å². The number of ether oxygens (including phenoxy) is 2. The van der Waals surface area contributed by atoms with Gasteiger partial charge in [-0.05, 0) is 49.4 Å². The van der Waals surface area contributed by atoms with Crippen molar-refractivity contribution in [1.82, 2.24) is 9.36 Å². The average molecular weight is 533 g/mol. The summed E-state index contributed by atoms with van der Waals surface area (Å²) in [6, 6.07) is 21.5. The van der Waals surface area contributed by atoms with Crippen LogP contribution in [0.25, 0.3) is 5.69 Å². The fourth-order valence-electron chi connectivity index (χ4n) is 3.97. The normalized spacial score (nSPS) is 10.6. The molecule has 2 amide bonds. The zero-order valence-corrected chi connectivity index (χ0v) is 22.3. The van der Waals surface area contributed by atoms with E-state index < -0.39 is 0 Å². The quantitative estimate of drug-likeness (QED) is 0.308. The molecule has 0 radical (unpaired) electrons. The van der Waals surface area contributed by atoms with Crippen LogP contribution in [0.1, 0.15) is 16.1 Å². The summed E-state index contributed by atoms with van der Waals surface area (Å²) in [7, 11) is 4.75. The van der Waals surface area contributed by atoms with E-state index in [1.165, 1.54) is 30.7 Å². The Bertz CT molecular complexity index is 1510. The smallest absolute Gasteiger partial charge is 0.295 e. The molecule has 1 aromatic heterocycles. The molecule has 0 atom stereocenters. The number of para-hydroxylation sites is 1. The highest BCUT2D eigenvalue weighted by molar-refractivity contribution is 8.00. The Kier molecular flexibility index (Phi) is 8.22. The van der Waals surface area contributed by atoms with Gasteiger partial charge in [0.2, 0.25) is 5.91 Å². The van der Waals surface area contributed by atoms with Gasteiger partial charge in [0.25, 0.3) is 11.5 Å². The topological polar surface area (TPSA) is 104 Å². The van der Waals surface area contributed by atoms with Crippen molar-refractivity contribution in [2.24, 2.45) is 7.05 Å². The maximum absolute atomic E-state index is 13.0. The van der Waals surface area contributed by atoms with Gasteiger partial charge >= 0.3 is 0 Å². The summed E-state index contributed by atoms with van der Waals surface area (Å²) in [6.07, 6.45) is 0. The summed E-state index contributed by atoms with van der Waals surface area (Å²) in [5.41, 5.74) is 2.14. The van der Waals surface area contributed by atoms with E-state index in [1.807, 2.05) is 36.4 Å². The van der Waals surface area contributed by atoms with Crippen molar-refractivity contribution in [1.29, 1.82) is 0 Å². The molecule has 0 aliphatic carbocycles. The maximum atomic E-state index is 13.0. The Balaban J connectivity index is 1.43. The predicted molar refractivity (Wildman–Crippen MR) is 149 cm³/mol. The van der Waals surface area contributed by atoms with Crippen LogP contribution in [0.3, 0.4) is 0 Å². The van der Waals surface area contributed by atoms with Gasteiger partial charge in [0.05, 0.1) is 31.4 Å². The van der Waals surface area contributed by atoms with Crippen molar-refractivity contribution in [3.63, 3.8) is 0 Å². The number of hydrogen-bond acceptors (Lipinski definition) is 6. The number of carbonyl (C=O) groups is 2. The molecule has 4 aromatic rings. The fraction of sp³-hybridized carbons (Fsp3) is 0.179. The molecule has 9 nitrogen and oxygen atoms in total. The Morgan fingerprint density at radius 2 is 1.55 bits per heavy atom. The third kappa shape index (κ3) is 5.60. The molecule has 2 N–H and O–H groups in total. The first-order valence-electron chi connectivity index (χ1n) is 11.7. The molecule has 38 heavy (non-hydrogen) atoms. The van der Waals surface area contributed by atoms with Gasteiger partial charge in [0.15, 0.2) is 0 Å². The van der Waals surface area contributed by atoms with Gasteiger partial charge in [-0.3, -0.25) is 19.1 Å². The molecule has 0 spiro atoms. The van der Waals surface area contributed by atoms with Gasteiger partial charge in [0, 0.05) is 17.6 Å². The van der Waals surface area contributed by atoms with E-state index in [4.69, 9.17) is 9.47 Å². The fourth-order valence-corrected chi connectivity index (χ4v) is 4.72. The highest BCUT2D eigenvalue weighted by Crippen LogP contribution is 2.30. The van der Waals surface area contributed by atoms with Gasteiger partial charge in [-0.15, -0.1) is 11.8 Å². The monoisotopic (exact) mass is 532 g/mol. The van der Waals surface area contributed by atoms with E-state index in [0.717, 1.165) is 4.90 Å². The second kappa shape index (κ2) is 11.7. The highest BCUT2D eigenvalue weighted by atomic mass is 32.2. The van der Waals surface area contributed by atoms with Gasteiger partial charge in [-0.1, -0.05) is 30.3 Å². The van der Waals surface area contributed by atoms with Gasteiger partial charge in [0.1, 0.15) is 22.7 Å². The summed E-state index contributed by atoms with van der Waals surface area (Å²) in [4.78, 5) is 39.5. The first kappa shape index (κ1) is 26.6. The number of nitrogens with one attached hydrogen (secondary N) is 2. The summed E-state index contributed by atoms with van der Waals surface area (Å²) in [5, 5.41) is 5.62. The Morgan fingerprint density at radius 1 is 0.895 bits per heavy atom. The molecule has 0 aliphatic heterocycles. The van der Waals surface area contributed by atoms with Crippen LogP contribution < -0.4 is 25.7 Å². The summed E-state index contributed by atoms with van der Waals surface area (Å²) >= 11 is 1.29. The number of aromatic nitrogens is 2. The molecule has 0 fully saturated rings. The number of amides is 2. The molecule has 0 saturated heterocycles. The van der Waals surface area contributed by atoms with Crippen LogP contribution in [0, 0.1) is 6.92 Å². The van der Waals surface area contributed by atoms with Crippen molar-refractivity contribution in [2.75, 3.05) is 30.6 Å².